The van der Waals surface area contributed by atoms with Crippen molar-refractivity contribution in [2.75, 3.05) is 45.9 Å². The van der Waals surface area contributed by atoms with Gasteiger partial charge in [-0.15, -0.1) is 0 Å². The average molecular weight is 1680 g/mol. The van der Waals surface area contributed by atoms with Crippen LogP contribution >= 0.6 is 0 Å². The van der Waals surface area contributed by atoms with E-state index in [1.807, 2.05) is 13.8 Å². The average Bonchev–Trinajstić information content (AvgIpc) is 1.67. The number of carboxylic acid groups (broad SMARTS) is 2. The highest BCUT2D eigenvalue weighted by molar-refractivity contribution is 6.01. The van der Waals surface area contributed by atoms with E-state index in [1.165, 1.54) is 21.6 Å². The van der Waals surface area contributed by atoms with Gasteiger partial charge < -0.3 is 122 Å². The first kappa shape index (κ1) is 101. The van der Waals surface area contributed by atoms with Crippen LogP contribution in [0.2, 0.25) is 0 Å². The molecule has 3 saturated heterocycles. The molecular formula is C78H129N21O20. The fourth-order valence-corrected chi connectivity index (χ4v) is 14.2. The van der Waals surface area contributed by atoms with Crippen LogP contribution in [0.15, 0.2) is 40.3 Å². The number of carboxylic acids is 2. The van der Waals surface area contributed by atoms with Crippen molar-refractivity contribution in [3.05, 3.63) is 35.9 Å². The molecule has 41 nitrogen and oxygen atoms in total. The molecule has 3 fully saturated rings. The number of hydrogen-bond donors (Lipinski definition) is 20. The predicted octanol–water partition coefficient (Wildman–Crippen LogP) is -4.63. The van der Waals surface area contributed by atoms with E-state index < -0.39 is 223 Å². The molecule has 3 aliphatic heterocycles. The molecule has 25 N–H and O–H groups in total. The van der Waals surface area contributed by atoms with Gasteiger partial charge >= 0.3 is 11.9 Å². The fraction of sp³-hybridized carbons (Fsp3) is 0.692. The fourth-order valence-electron chi connectivity index (χ4n) is 14.2. The first-order chi connectivity index (χ1) is 56.0. The van der Waals surface area contributed by atoms with Gasteiger partial charge in [-0.3, -0.25) is 81.9 Å². The lowest BCUT2D eigenvalue weighted by Gasteiger charge is -2.33. The summed E-state index contributed by atoms with van der Waals surface area (Å²) < 4.78 is 0. The third kappa shape index (κ3) is 32.8. The zero-order valence-corrected chi connectivity index (χ0v) is 70.1. The molecule has 0 radical (unpaired) electrons. The Morgan fingerprint density at radius 1 is 0.420 bits per heavy atom. The molecule has 0 aromatic heterocycles. The second-order valence-electron chi connectivity index (χ2n) is 32.5. The van der Waals surface area contributed by atoms with Crippen molar-refractivity contribution in [3.63, 3.8) is 0 Å². The van der Waals surface area contributed by atoms with Crippen LogP contribution in [0, 0.1) is 29.6 Å². The van der Waals surface area contributed by atoms with Gasteiger partial charge in [0.1, 0.15) is 84.6 Å². The van der Waals surface area contributed by atoms with E-state index in [0.29, 0.717) is 24.8 Å². The van der Waals surface area contributed by atoms with Crippen LogP contribution in [0.4, 0.5) is 0 Å². The van der Waals surface area contributed by atoms with Crippen LogP contribution in [-0.4, -0.2) is 278 Å². The van der Waals surface area contributed by atoms with Crippen molar-refractivity contribution in [2.45, 2.75) is 270 Å². The minimum Gasteiger partial charge on any atom is -0.481 e. The maximum atomic E-state index is 14.9. The van der Waals surface area contributed by atoms with Crippen molar-refractivity contribution in [2.24, 2.45) is 68.2 Å². The molecule has 1 aromatic carbocycles. The predicted molar refractivity (Wildman–Crippen MR) is 436 cm³/mol. The topological polar surface area (TPSA) is 651 Å². The molecule has 1 aromatic rings. The number of aliphatic hydroxyl groups excluding tert-OH is 2. The summed E-state index contributed by atoms with van der Waals surface area (Å²) in [5, 5.41) is 68.5. The number of carbonyl (C=O) groups is 16. The molecule has 0 spiro atoms. The Kier molecular flexibility index (Phi) is 41.8. The number of rotatable bonds is 49. The van der Waals surface area contributed by atoms with E-state index in [-0.39, 0.29) is 133 Å². The number of likely N-dealkylation sites (tertiary alicyclic amines) is 3. The number of aliphatic imine (C=N–C) groups is 2. The van der Waals surface area contributed by atoms with Crippen molar-refractivity contribution in [1.29, 1.82) is 0 Å². The molecule has 4 rings (SSSR count). The summed E-state index contributed by atoms with van der Waals surface area (Å²) in [5.74, 6) is -17.1. The van der Waals surface area contributed by atoms with Gasteiger partial charge in [0.2, 0.25) is 82.7 Å². The molecule has 0 bridgehead atoms. The molecule has 41 heteroatoms. The maximum Gasteiger partial charge on any atom is 0.326 e. The lowest BCUT2D eigenvalue weighted by molar-refractivity contribution is -0.148. The van der Waals surface area contributed by atoms with Gasteiger partial charge in [-0.2, -0.15) is 0 Å². The van der Waals surface area contributed by atoms with E-state index in [0.717, 1.165) is 0 Å². The molecular weight excluding hydrogens is 1550 g/mol. The summed E-state index contributed by atoms with van der Waals surface area (Å²) in [5.41, 5.74) is 29.0. The number of hydrogen-bond acceptors (Lipinski definition) is 21. The Morgan fingerprint density at radius 2 is 0.807 bits per heavy atom. The van der Waals surface area contributed by atoms with Crippen LogP contribution in [0.25, 0.3) is 0 Å². The highest BCUT2D eigenvalue weighted by Gasteiger charge is 2.46. The maximum absolute atomic E-state index is 14.9. The molecule has 666 valence electrons. The van der Waals surface area contributed by atoms with E-state index >= 15 is 0 Å². The molecule has 119 heavy (non-hydrogen) atoms. The number of amides is 14. The zero-order valence-electron chi connectivity index (χ0n) is 70.1. The van der Waals surface area contributed by atoms with Crippen LogP contribution in [0.1, 0.15) is 178 Å². The van der Waals surface area contributed by atoms with E-state index in [2.05, 4.69) is 68.5 Å². The molecule has 14 amide bonds. The van der Waals surface area contributed by atoms with Gasteiger partial charge in [-0.05, 0) is 132 Å². The SMILES string of the molecule is CC(C)C[C@H](NC(=O)[C@H](Cc1ccccc1)NC(=O)[C@@H](NC(=O)[C@H](CC(C)C)NC(=O)[C@H](CCC(=O)O)NC(=O)[C@H](CO)NC(=O)[C@H](CCCN=C(N)N)NC(=O)[C@@H]1CCCN1C(=O)[C@H](CCCN=C(N)N)NC(=O)[C@@H]1CCCN1C(=O)[C@@H]1CCCN1C(=O)[C@H](C)NC(=O)[C@@H](N)CC(C)C)C(C)C)C(=O)N[C@@H](CO)C(=O)N[C@H](C(=O)O)C(C)C. The third-order valence-corrected chi connectivity index (χ3v) is 20.4. The van der Waals surface area contributed by atoms with Crippen LogP contribution in [-0.2, 0) is 83.1 Å². The molecule has 3 heterocycles. The summed E-state index contributed by atoms with van der Waals surface area (Å²) in [7, 11) is 0. The summed E-state index contributed by atoms with van der Waals surface area (Å²) in [6, 6.07) is -12.2. The Hall–Kier alpha value is -10.8. The molecule has 0 aliphatic carbocycles. The minimum absolute atomic E-state index is 0.00678. The largest absolute Gasteiger partial charge is 0.481 e. The van der Waals surface area contributed by atoms with Crippen molar-refractivity contribution < 1.29 is 97.1 Å². The summed E-state index contributed by atoms with van der Waals surface area (Å²) in [6.07, 6.45) is 0.216. The first-order valence-electron chi connectivity index (χ1n) is 40.8. The van der Waals surface area contributed by atoms with Crippen molar-refractivity contribution in [1.82, 2.24) is 73.2 Å². The number of aliphatic carboxylic acids is 2. The van der Waals surface area contributed by atoms with E-state index in [9.17, 15) is 97.1 Å². The van der Waals surface area contributed by atoms with Gasteiger partial charge in [0.25, 0.3) is 0 Å². The number of nitrogens with two attached hydrogens (primary N) is 5. The molecule has 3 aliphatic rings. The van der Waals surface area contributed by atoms with Gasteiger partial charge in [-0.25, -0.2) is 4.79 Å². The Morgan fingerprint density at radius 3 is 1.28 bits per heavy atom. The summed E-state index contributed by atoms with van der Waals surface area (Å²) in [4.78, 5) is 235. The lowest BCUT2D eigenvalue weighted by atomic mass is 9.98. The second-order valence-corrected chi connectivity index (χ2v) is 32.5. The number of carbonyl (C=O) groups excluding carboxylic acids is 14. The van der Waals surface area contributed by atoms with E-state index in [1.54, 1.807) is 85.7 Å². The van der Waals surface area contributed by atoms with Crippen molar-refractivity contribution >= 4 is 107 Å². The molecule has 0 saturated carbocycles. The molecule has 15 atom stereocenters. The van der Waals surface area contributed by atoms with Crippen LogP contribution < -0.4 is 87.2 Å². The summed E-state index contributed by atoms with van der Waals surface area (Å²) in [6.45, 7) is 16.6. The Labute approximate surface area is 693 Å². The Bertz CT molecular complexity index is 3710. The van der Waals surface area contributed by atoms with Gasteiger partial charge in [0, 0.05) is 45.6 Å². The van der Waals surface area contributed by atoms with Crippen LogP contribution in [0.3, 0.4) is 0 Å². The third-order valence-electron chi connectivity index (χ3n) is 20.4. The van der Waals surface area contributed by atoms with Gasteiger partial charge in [-0.1, -0.05) is 99.6 Å². The number of nitrogens with zero attached hydrogens (tertiary/aromatic N) is 5. The van der Waals surface area contributed by atoms with Gasteiger partial charge in [0.15, 0.2) is 11.9 Å². The van der Waals surface area contributed by atoms with Crippen LogP contribution in [0.5, 0.6) is 0 Å². The smallest absolute Gasteiger partial charge is 0.326 e. The quantitative estimate of drug-likeness (QED) is 0.0166. The normalized spacial score (nSPS) is 18.2. The van der Waals surface area contributed by atoms with E-state index in [4.69, 9.17) is 28.7 Å². The zero-order chi connectivity index (χ0) is 89.2. The number of guanidine groups is 2. The Balaban J connectivity index is 1.56. The monoisotopic (exact) mass is 1680 g/mol. The highest BCUT2D eigenvalue weighted by atomic mass is 16.4. The number of aliphatic hydroxyl groups is 2. The number of nitrogens with one attached hydrogen (secondary N) is 11. The second kappa shape index (κ2) is 49.5. The minimum atomic E-state index is -1.92. The van der Waals surface area contributed by atoms with Crippen molar-refractivity contribution in [3.8, 4) is 0 Å². The highest BCUT2D eigenvalue weighted by Crippen LogP contribution is 2.28. The van der Waals surface area contributed by atoms with Gasteiger partial charge in [0.05, 0.1) is 19.3 Å². The first-order valence-corrected chi connectivity index (χ1v) is 40.8. The summed E-state index contributed by atoms with van der Waals surface area (Å²) >= 11 is 0. The number of benzene rings is 1. The standard InChI is InChI=1S/C78H129N21O20/c1-40(2)34-47(79)62(104)86-45(11)73(115)99-33-19-26-58(99)75(117)98-32-18-25-57(98)71(113)89-50(23-16-30-85-78(82)83)74(116)97-31-17-24-56(97)70(112)88-48(22-15-29-84-77(80)81)63(105)93-54(38-100)68(110)87-49(27-28-59(102)103)64(106)90-52(36-42(5)6)67(109)95-60(43(7)8)72(114)92-53(37-46-20-13-12-14-21-46)66(108)91-51(35-41(3)4)65(107)94-55(39-101)69(111)96-61(44(9)10)76(118)119/h12-14,20-21,40-45,47-58,60-61,100-101H,15-19,22-39,79H2,1-11H3,(H,86,104)(H,87,110)(H,88,112)(H,89,113)(H,90,106)(H,91,108)(H,92,114)(H,93,105)(H,94,107)(H,95,109)(H,96,111)(H,102,103)(H,118,119)(H4,80,81,84)(H4,82,83,85)/t45-,47-,48-,49-,50-,51-,52-,53-,54-,55-,56-,57-,58-,60-,61-/m0/s1. The molecule has 0 unspecified atom stereocenters. The lowest BCUT2D eigenvalue weighted by Crippen LogP contribution is -2.62.